The van der Waals surface area contributed by atoms with Crippen molar-refractivity contribution in [2.45, 2.75) is 6.54 Å². The predicted octanol–water partition coefficient (Wildman–Crippen LogP) is 3.29. The molecule has 0 saturated carbocycles. The zero-order valence-corrected chi connectivity index (χ0v) is 13.8. The van der Waals surface area contributed by atoms with Gasteiger partial charge in [0, 0.05) is 11.1 Å². The second-order valence-corrected chi connectivity index (χ2v) is 5.60. The Morgan fingerprint density at radius 3 is 2.52 bits per heavy atom. The van der Waals surface area contributed by atoms with Gasteiger partial charge in [-0.05, 0) is 29.8 Å². The lowest BCUT2D eigenvalue weighted by Crippen LogP contribution is -2.25. The van der Waals surface area contributed by atoms with Crippen LogP contribution in [0.3, 0.4) is 0 Å². The maximum absolute atomic E-state index is 13.9. The van der Waals surface area contributed by atoms with E-state index in [4.69, 9.17) is 16.3 Å². The molecule has 0 aliphatic heterocycles. The van der Waals surface area contributed by atoms with E-state index in [0.29, 0.717) is 5.02 Å². The molecular formula is C17H12ClF2N3O2. The molecule has 0 aliphatic rings. The fraction of sp³-hybridized carbons (Fsp3) is 0.118. The second-order valence-electron chi connectivity index (χ2n) is 5.16. The molecule has 2 heterocycles. The number of hydrogen-bond donors (Lipinski definition) is 0. The Bertz CT molecular complexity index is 975. The molecule has 3 rings (SSSR count). The van der Waals surface area contributed by atoms with E-state index in [1.54, 1.807) is 24.3 Å². The van der Waals surface area contributed by atoms with Crippen molar-refractivity contribution in [2.24, 2.45) is 0 Å². The number of halogens is 3. The molecular weight excluding hydrogens is 352 g/mol. The third kappa shape index (κ3) is 3.66. The third-order valence-electron chi connectivity index (χ3n) is 3.50. The standard InChI is InChI=1S/C17H12ClF2N3O2/c1-25-14-8-13(12-6-7-15(19)21-16(12)20)22-23(17(14)24)9-10-2-4-11(18)5-3-10/h2-8H,9H2,1H3. The summed E-state index contributed by atoms with van der Waals surface area (Å²) in [6.07, 6.45) is 0. The highest BCUT2D eigenvalue weighted by atomic mass is 35.5. The number of benzene rings is 1. The van der Waals surface area contributed by atoms with Gasteiger partial charge >= 0.3 is 5.56 Å². The van der Waals surface area contributed by atoms with Crippen LogP contribution in [0.15, 0.2) is 47.3 Å². The van der Waals surface area contributed by atoms with Gasteiger partial charge in [-0.15, -0.1) is 0 Å². The molecule has 8 heteroatoms. The zero-order chi connectivity index (χ0) is 18.0. The van der Waals surface area contributed by atoms with Crippen LogP contribution >= 0.6 is 11.6 Å². The molecule has 25 heavy (non-hydrogen) atoms. The highest BCUT2D eigenvalue weighted by molar-refractivity contribution is 6.30. The Hall–Kier alpha value is -2.80. The normalized spacial score (nSPS) is 10.7. The Morgan fingerprint density at radius 2 is 1.88 bits per heavy atom. The molecule has 0 bridgehead atoms. The van der Waals surface area contributed by atoms with Crippen molar-refractivity contribution in [3.05, 3.63) is 75.3 Å². The molecule has 0 atom stereocenters. The number of methoxy groups -OCH3 is 1. The van der Waals surface area contributed by atoms with E-state index in [-0.39, 0.29) is 23.6 Å². The fourth-order valence-electron chi connectivity index (χ4n) is 2.27. The van der Waals surface area contributed by atoms with E-state index in [2.05, 4.69) is 10.1 Å². The smallest absolute Gasteiger partial charge is 0.309 e. The quantitative estimate of drug-likeness (QED) is 0.667. The average molecular weight is 364 g/mol. The predicted molar refractivity (Wildman–Crippen MR) is 88.8 cm³/mol. The van der Waals surface area contributed by atoms with E-state index in [9.17, 15) is 13.6 Å². The van der Waals surface area contributed by atoms with E-state index in [0.717, 1.165) is 16.3 Å². The van der Waals surface area contributed by atoms with E-state index >= 15 is 0 Å². The lowest BCUT2D eigenvalue weighted by atomic mass is 10.2. The van der Waals surface area contributed by atoms with Crippen molar-refractivity contribution < 1.29 is 13.5 Å². The van der Waals surface area contributed by atoms with Gasteiger partial charge in [-0.1, -0.05) is 23.7 Å². The van der Waals surface area contributed by atoms with Crippen LogP contribution in [0, 0.1) is 11.9 Å². The van der Waals surface area contributed by atoms with Gasteiger partial charge in [0.15, 0.2) is 5.75 Å². The van der Waals surface area contributed by atoms with Crippen molar-refractivity contribution in [2.75, 3.05) is 7.11 Å². The molecule has 0 radical (unpaired) electrons. The summed E-state index contributed by atoms with van der Waals surface area (Å²) < 4.78 is 33.1. The number of hydrogen-bond acceptors (Lipinski definition) is 4. The van der Waals surface area contributed by atoms with Gasteiger partial charge in [0.2, 0.25) is 11.9 Å². The molecule has 128 valence electrons. The van der Waals surface area contributed by atoms with Crippen LogP contribution in [0.4, 0.5) is 8.78 Å². The van der Waals surface area contributed by atoms with E-state index in [1.807, 2.05) is 0 Å². The molecule has 5 nitrogen and oxygen atoms in total. The lowest BCUT2D eigenvalue weighted by Gasteiger charge is -2.10. The van der Waals surface area contributed by atoms with Crippen molar-refractivity contribution in [3.8, 4) is 17.0 Å². The summed E-state index contributed by atoms with van der Waals surface area (Å²) in [5, 5.41) is 4.71. The summed E-state index contributed by atoms with van der Waals surface area (Å²) in [6, 6.07) is 10.4. The van der Waals surface area contributed by atoms with Crippen molar-refractivity contribution >= 4 is 11.6 Å². The summed E-state index contributed by atoms with van der Waals surface area (Å²) in [6.45, 7) is 0.135. The first-order valence-electron chi connectivity index (χ1n) is 7.21. The minimum atomic E-state index is -1.02. The summed E-state index contributed by atoms with van der Waals surface area (Å²) in [4.78, 5) is 15.5. The second kappa shape index (κ2) is 6.98. The van der Waals surface area contributed by atoms with Gasteiger partial charge in [-0.2, -0.15) is 18.9 Å². The Morgan fingerprint density at radius 1 is 1.16 bits per heavy atom. The first-order chi connectivity index (χ1) is 12.0. The number of ether oxygens (including phenoxy) is 1. The number of nitrogens with zero attached hydrogens (tertiary/aromatic N) is 3. The Balaban J connectivity index is 2.09. The molecule has 0 amide bonds. The number of pyridine rings is 1. The van der Waals surface area contributed by atoms with E-state index in [1.165, 1.54) is 19.2 Å². The van der Waals surface area contributed by atoms with Gasteiger partial charge in [-0.3, -0.25) is 4.79 Å². The maximum Gasteiger partial charge on any atom is 0.309 e. The first-order valence-corrected chi connectivity index (χ1v) is 7.59. The van der Waals surface area contributed by atoms with Crippen LogP contribution in [0.5, 0.6) is 5.75 Å². The van der Waals surface area contributed by atoms with Crippen LogP contribution in [0.1, 0.15) is 5.56 Å². The molecule has 3 aromatic rings. The highest BCUT2D eigenvalue weighted by Crippen LogP contribution is 2.22. The van der Waals surface area contributed by atoms with Crippen LogP contribution < -0.4 is 10.3 Å². The largest absolute Gasteiger partial charge is 0.491 e. The molecule has 2 aromatic heterocycles. The highest BCUT2D eigenvalue weighted by Gasteiger charge is 2.15. The Kier molecular flexibility index (Phi) is 4.76. The number of aromatic nitrogens is 3. The van der Waals surface area contributed by atoms with Crippen molar-refractivity contribution in [3.63, 3.8) is 0 Å². The molecule has 0 unspecified atom stereocenters. The first kappa shape index (κ1) is 17.0. The fourth-order valence-corrected chi connectivity index (χ4v) is 2.39. The molecule has 0 N–H and O–H groups in total. The summed E-state index contributed by atoms with van der Waals surface area (Å²) >= 11 is 5.85. The minimum absolute atomic E-state index is 0.0114. The molecule has 0 spiro atoms. The summed E-state index contributed by atoms with van der Waals surface area (Å²) in [7, 11) is 1.33. The maximum atomic E-state index is 13.9. The molecule has 1 aromatic carbocycles. The minimum Gasteiger partial charge on any atom is -0.491 e. The lowest BCUT2D eigenvalue weighted by molar-refractivity contribution is 0.399. The van der Waals surface area contributed by atoms with Gasteiger partial charge in [0.25, 0.3) is 0 Å². The summed E-state index contributed by atoms with van der Waals surface area (Å²) in [5.41, 5.74) is 0.368. The van der Waals surface area contributed by atoms with Crippen LogP contribution in [-0.4, -0.2) is 21.9 Å². The van der Waals surface area contributed by atoms with Crippen LogP contribution in [0.25, 0.3) is 11.3 Å². The molecule has 0 aliphatic carbocycles. The number of rotatable bonds is 4. The van der Waals surface area contributed by atoms with Crippen LogP contribution in [-0.2, 0) is 6.54 Å². The monoisotopic (exact) mass is 363 g/mol. The van der Waals surface area contributed by atoms with Gasteiger partial charge in [0.05, 0.1) is 24.9 Å². The van der Waals surface area contributed by atoms with E-state index < -0.39 is 17.5 Å². The topological polar surface area (TPSA) is 57.0 Å². The van der Waals surface area contributed by atoms with Crippen molar-refractivity contribution in [1.29, 1.82) is 0 Å². The third-order valence-corrected chi connectivity index (χ3v) is 3.75. The van der Waals surface area contributed by atoms with Gasteiger partial charge < -0.3 is 4.74 Å². The summed E-state index contributed by atoms with van der Waals surface area (Å²) in [5.74, 6) is -1.98. The zero-order valence-electron chi connectivity index (χ0n) is 13.0. The SMILES string of the molecule is COc1cc(-c2ccc(F)nc2F)nn(Cc2ccc(Cl)cc2)c1=O. The average Bonchev–Trinajstić information content (AvgIpc) is 2.59. The Labute approximate surface area is 146 Å². The van der Waals surface area contributed by atoms with Crippen LogP contribution in [0.2, 0.25) is 5.02 Å². The van der Waals surface area contributed by atoms with Gasteiger partial charge in [0.1, 0.15) is 0 Å². The van der Waals surface area contributed by atoms with Crippen molar-refractivity contribution in [1.82, 2.24) is 14.8 Å². The molecule has 0 fully saturated rings. The van der Waals surface area contributed by atoms with Gasteiger partial charge in [-0.25, -0.2) is 4.68 Å². The molecule has 0 saturated heterocycles.